The minimum atomic E-state index is -0.530. The highest BCUT2D eigenvalue weighted by molar-refractivity contribution is 5.80. The summed E-state index contributed by atoms with van der Waals surface area (Å²) >= 11 is 0. The first-order chi connectivity index (χ1) is 15.0. The summed E-state index contributed by atoms with van der Waals surface area (Å²) in [6.07, 6.45) is 1.66. The molecule has 0 spiro atoms. The summed E-state index contributed by atoms with van der Waals surface area (Å²) in [5, 5.41) is 4.25. The van der Waals surface area contributed by atoms with Crippen molar-refractivity contribution in [3.05, 3.63) is 86.6 Å². The molecule has 2 aromatic heterocycles. The minimum Gasteiger partial charge on any atom is -0.492 e. The molecular formula is C22H22N6O3. The van der Waals surface area contributed by atoms with E-state index < -0.39 is 11.2 Å². The number of aromatic nitrogens is 4. The largest absolute Gasteiger partial charge is 0.492 e. The number of imidazole rings is 1. The monoisotopic (exact) mass is 418 g/mol. The molecule has 0 unspecified atom stereocenters. The predicted molar refractivity (Wildman–Crippen MR) is 120 cm³/mol. The van der Waals surface area contributed by atoms with Crippen LogP contribution >= 0.6 is 0 Å². The van der Waals surface area contributed by atoms with Crippen molar-refractivity contribution in [2.24, 2.45) is 12.1 Å². The number of nitrogens with one attached hydrogen (secondary N) is 2. The Morgan fingerprint density at radius 3 is 2.61 bits per heavy atom. The quantitative estimate of drug-likeness (QED) is 0.354. The van der Waals surface area contributed by atoms with Crippen LogP contribution in [0.15, 0.2) is 69.3 Å². The zero-order chi connectivity index (χ0) is 21.8. The summed E-state index contributed by atoms with van der Waals surface area (Å²) < 4.78 is 8.71. The van der Waals surface area contributed by atoms with Crippen LogP contribution in [0.1, 0.15) is 11.1 Å². The molecule has 9 nitrogen and oxygen atoms in total. The van der Waals surface area contributed by atoms with Gasteiger partial charge in [0.1, 0.15) is 12.4 Å². The molecule has 0 fully saturated rings. The number of rotatable bonds is 7. The summed E-state index contributed by atoms with van der Waals surface area (Å²) in [6.45, 7) is 2.64. The van der Waals surface area contributed by atoms with Crippen molar-refractivity contribution < 1.29 is 4.74 Å². The fraction of sp³-hybridized carbons (Fsp3) is 0.182. The van der Waals surface area contributed by atoms with E-state index in [0.29, 0.717) is 19.1 Å². The highest BCUT2D eigenvalue weighted by atomic mass is 16.5. The Labute approximate surface area is 177 Å². The first kappa shape index (κ1) is 20.1. The number of anilines is 1. The van der Waals surface area contributed by atoms with E-state index in [-0.39, 0.29) is 11.2 Å². The Balaban J connectivity index is 1.64. The molecular weight excluding hydrogens is 396 g/mol. The Morgan fingerprint density at radius 2 is 1.87 bits per heavy atom. The number of H-pyrrole nitrogens is 1. The minimum absolute atomic E-state index is 0.265. The van der Waals surface area contributed by atoms with E-state index in [1.165, 1.54) is 4.57 Å². The maximum absolute atomic E-state index is 12.5. The van der Waals surface area contributed by atoms with Crippen molar-refractivity contribution in [3.8, 4) is 5.75 Å². The van der Waals surface area contributed by atoms with Crippen LogP contribution < -0.4 is 21.4 Å². The lowest BCUT2D eigenvalue weighted by molar-refractivity contribution is 0.301. The second-order valence-corrected chi connectivity index (χ2v) is 7.02. The van der Waals surface area contributed by atoms with Crippen molar-refractivity contribution in [1.29, 1.82) is 0 Å². The number of hydrogen-bond donors (Lipinski definition) is 2. The van der Waals surface area contributed by atoms with Gasteiger partial charge in [0.2, 0.25) is 5.95 Å². The molecule has 31 heavy (non-hydrogen) atoms. The van der Waals surface area contributed by atoms with Gasteiger partial charge < -0.3 is 4.74 Å². The smallest absolute Gasteiger partial charge is 0.329 e. The molecule has 0 saturated carbocycles. The number of hydrogen-bond acceptors (Lipinski definition) is 6. The highest BCUT2D eigenvalue weighted by Crippen LogP contribution is 2.16. The van der Waals surface area contributed by atoms with E-state index in [4.69, 9.17) is 4.74 Å². The lowest BCUT2D eigenvalue weighted by atomic mass is 10.2. The highest BCUT2D eigenvalue weighted by Gasteiger charge is 2.17. The second-order valence-electron chi connectivity index (χ2n) is 7.02. The van der Waals surface area contributed by atoms with Crippen LogP contribution in [0.5, 0.6) is 5.75 Å². The number of para-hydroxylation sites is 1. The van der Waals surface area contributed by atoms with Gasteiger partial charge in [-0.15, -0.1) is 0 Å². The van der Waals surface area contributed by atoms with E-state index in [0.717, 1.165) is 16.9 Å². The Kier molecular flexibility index (Phi) is 5.65. The van der Waals surface area contributed by atoms with Gasteiger partial charge in [0, 0.05) is 7.05 Å². The first-order valence-electron chi connectivity index (χ1n) is 9.76. The Bertz CT molecular complexity index is 1330. The van der Waals surface area contributed by atoms with Crippen LogP contribution in [-0.4, -0.2) is 31.9 Å². The van der Waals surface area contributed by atoms with Crippen molar-refractivity contribution in [1.82, 2.24) is 19.1 Å². The van der Waals surface area contributed by atoms with Crippen molar-refractivity contribution in [2.75, 3.05) is 12.0 Å². The first-order valence-corrected chi connectivity index (χ1v) is 9.76. The molecule has 4 rings (SSSR count). The van der Waals surface area contributed by atoms with Gasteiger partial charge in [-0.1, -0.05) is 48.0 Å². The summed E-state index contributed by atoms with van der Waals surface area (Å²) in [6, 6.07) is 17.3. The van der Waals surface area contributed by atoms with E-state index in [2.05, 4.69) is 20.5 Å². The van der Waals surface area contributed by atoms with E-state index in [9.17, 15) is 9.59 Å². The third kappa shape index (κ3) is 4.40. The van der Waals surface area contributed by atoms with Crippen molar-refractivity contribution >= 4 is 23.3 Å². The van der Waals surface area contributed by atoms with E-state index >= 15 is 0 Å². The fourth-order valence-electron chi connectivity index (χ4n) is 3.13. The number of nitrogens with zero attached hydrogens (tertiary/aromatic N) is 4. The maximum atomic E-state index is 12.5. The molecule has 2 heterocycles. The van der Waals surface area contributed by atoms with Gasteiger partial charge in [0.05, 0.1) is 12.8 Å². The molecule has 0 radical (unpaired) electrons. The third-order valence-corrected chi connectivity index (χ3v) is 4.79. The average molecular weight is 418 g/mol. The van der Waals surface area contributed by atoms with Crippen molar-refractivity contribution in [2.45, 2.75) is 13.5 Å². The van der Waals surface area contributed by atoms with Crippen LogP contribution in [0.2, 0.25) is 0 Å². The van der Waals surface area contributed by atoms with E-state index in [1.54, 1.807) is 17.8 Å². The second kappa shape index (κ2) is 8.70. The zero-order valence-corrected chi connectivity index (χ0v) is 17.2. The van der Waals surface area contributed by atoms with E-state index in [1.807, 2.05) is 61.5 Å². The molecule has 0 saturated heterocycles. The molecule has 158 valence electrons. The summed E-state index contributed by atoms with van der Waals surface area (Å²) in [5.74, 6) is 1.06. The molecule has 0 atom stereocenters. The zero-order valence-electron chi connectivity index (χ0n) is 17.2. The summed E-state index contributed by atoms with van der Waals surface area (Å²) in [7, 11) is 1.55. The maximum Gasteiger partial charge on any atom is 0.329 e. The lowest BCUT2D eigenvalue weighted by Gasteiger charge is -2.10. The SMILES string of the molecule is Cc1ccc(/C=N\Nc2nc3c(c(=O)[nH]c(=O)n3C)n2CCOc2ccccc2)cc1. The third-order valence-electron chi connectivity index (χ3n) is 4.79. The van der Waals surface area contributed by atoms with Crippen LogP contribution in [0.4, 0.5) is 5.95 Å². The number of hydrazone groups is 1. The predicted octanol–water partition coefficient (Wildman–Crippen LogP) is 2.26. The Morgan fingerprint density at radius 1 is 1.13 bits per heavy atom. The molecule has 0 aliphatic heterocycles. The van der Waals surface area contributed by atoms with Gasteiger partial charge >= 0.3 is 5.69 Å². The number of fused-ring (bicyclic) bond motifs is 1. The molecule has 2 N–H and O–H groups in total. The van der Waals surface area contributed by atoms with Crippen molar-refractivity contribution in [3.63, 3.8) is 0 Å². The fourth-order valence-corrected chi connectivity index (χ4v) is 3.13. The standard InChI is InChI=1S/C22H22N6O3/c1-15-8-10-16(11-9-15)14-23-26-21-24-19-18(20(29)25-22(30)27(19)2)28(21)12-13-31-17-6-4-3-5-7-17/h3-11,14H,12-13H2,1-2H3,(H,24,26)(H,25,29,30)/b23-14-. The Hall–Kier alpha value is -4.14. The summed E-state index contributed by atoms with van der Waals surface area (Å²) in [5.41, 5.74) is 4.45. The van der Waals surface area contributed by atoms with Crippen LogP contribution in [0, 0.1) is 6.92 Å². The lowest BCUT2D eigenvalue weighted by Crippen LogP contribution is -2.29. The number of aromatic amines is 1. The number of benzene rings is 2. The van der Waals surface area contributed by atoms with Crippen LogP contribution in [-0.2, 0) is 13.6 Å². The molecule has 2 aromatic carbocycles. The van der Waals surface area contributed by atoms with Gasteiger partial charge in [-0.3, -0.25) is 18.9 Å². The van der Waals surface area contributed by atoms with Gasteiger partial charge in [0.25, 0.3) is 5.56 Å². The molecule has 4 aromatic rings. The topological polar surface area (TPSA) is 106 Å². The molecule has 0 bridgehead atoms. The number of aryl methyl sites for hydroxylation is 2. The van der Waals surface area contributed by atoms with Crippen LogP contribution in [0.3, 0.4) is 0 Å². The molecule has 0 aliphatic carbocycles. The summed E-state index contributed by atoms with van der Waals surface area (Å²) in [4.78, 5) is 31.2. The van der Waals surface area contributed by atoms with Gasteiger partial charge in [0.15, 0.2) is 11.2 Å². The van der Waals surface area contributed by atoms with Gasteiger partial charge in [-0.05, 0) is 24.6 Å². The normalized spacial score (nSPS) is 11.3. The molecule has 9 heteroatoms. The van der Waals surface area contributed by atoms with Gasteiger partial charge in [-0.2, -0.15) is 10.1 Å². The molecule has 0 amide bonds. The molecule has 0 aliphatic rings. The number of ether oxygens (including phenoxy) is 1. The van der Waals surface area contributed by atoms with Gasteiger partial charge in [-0.25, -0.2) is 10.2 Å². The average Bonchev–Trinajstić information content (AvgIpc) is 3.13. The van der Waals surface area contributed by atoms with Crippen LogP contribution in [0.25, 0.3) is 11.2 Å².